The zero-order valence-corrected chi connectivity index (χ0v) is 20.9. The standard InChI is InChI=1S/C25H30Cl2N4O4/c26-19-6-1-7-20(27)22(19)24(32)30-21(25(33)34)15-31-12-10-18(14-31)35-13-3-5-17-9-8-16-4-2-11-28-23(16)29-17/h1,6-9,18,21H,2-5,10-15H2,(H,28,29)(H,30,32)(H,33,34). The Bertz CT molecular complexity index is 1050. The van der Waals surface area contributed by atoms with Crippen molar-refractivity contribution >= 4 is 40.9 Å². The number of benzene rings is 1. The highest BCUT2D eigenvalue weighted by atomic mass is 35.5. The molecule has 2 aliphatic rings. The van der Waals surface area contributed by atoms with Crippen LogP contribution < -0.4 is 10.6 Å². The highest BCUT2D eigenvalue weighted by Crippen LogP contribution is 2.24. The zero-order chi connectivity index (χ0) is 24.8. The van der Waals surface area contributed by atoms with E-state index in [1.165, 1.54) is 5.56 Å². The third-order valence-electron chi connectivity index (χ3n) is 6.35. The Morgan fingerprint density at radius 1 is 1.26 bits per heavy atom. The van der Waals surface area contributed by atoms with Gasteiger partial charge in [0.2, 0.25) is 0 Å². The Morgan fingerprint density at radius 3 is 2.83 bits per heavy atom. The predicted molar refractivity (Wildman–Crippen MR) is 136 cm³/mol. The number of carbonyl (C=O) groups is 2. The smallest absolute Gasteiger partial charge is 0.327 e. The lowest BCUT2D eigenvalue weighted by Gasteiger charge is -2.22. The number of aliphatic carboxylic acids is 1. The van der Waals surface area contributed by atoms with Gasteiger partial charge in [0.1, 0.15) is 11.9 Å². The average Bonchev–Trinajstić information content (AvgIpc) is 3.28. The van der Waals surface area contributed by atoms with Crippen LogP contribution in [0.3, 0.4) is 0 Å². The van der Waals surface area contributed by atoms with Crippen LogP contribution in [0.1, 0.15) is 40.9 Å². The maximum absolute atomic E-state index is 12.6. The number of hydrogen-bond donors (Lipinski definition) is 3. The number of carboxylic acids is 1. The van der Waals surface area contributed by atoms with Crippen LogP contribution in [0.4, 0.5) is 5.82 Å². The van der Waals surface area contributed by atoms with Gasteiger partial charge < -0.3 is 20.5 Å². The summed E-state index contributed by atoms with van der Waals surface area (Å²) in [5.41, 5.74) is 2.43. The van der Waals surface area contributed by atoms with E-state index in [0.717, 1.165) is 50.2 Å². The van der Waals surface area contributed by atoms with E-state index in [2.05, 4.69) is 22.8 Å². The van der Waals surface area contributed by atoms with Gasteiger partial charge in [-0.25, -0.2) is 9.78 Å². The lowest BCUT2D eigenvalue weighted by molar-refractivity contribution is -0.139. The van der Waals surface area contributed by atoms with Crippen LogP contribution >= 0.6 is 23.2 Å². The Labute approximate surface area is 215 Å². The Morgan fingerprint density at radius 2 is 2.06 bits per heavy atom. The SMILES string of the molecule is O=C(NC(CN1CCC(OCCCc2ccc3c(n2)NCCC3)C1)C(=O)O)c1c(Cl)cccc1Cl. The van der Waals surface area contributed by atoms with Crippen molar-refractivity contribution in [3.8, 4) is 0 Å². The number of ether oxygens (including phenoxy) is 1. The molecular formula is C25H30Cl2N4O4. The summed E-state index contributed by atoms with van der Waals surface area (Å²) in [7, 11) is 0. The third kappa shape index (κ3) is 6.85. The van der Waals surface area contributed by atoms with Crippen molar-refractivity contribution in [2.75, 3.05) is 38.1 Å². The third-order valence-corrected chi connectivity index (χ3v) is 6.98. The maximum atomic E-state index is 12.6. The second-order valence-corrected chi connectivity index (χ2v) is 9.76. The topological polar surface area (TPSA) is 104 Å². The molecule has 2 atom stereocenters. The molecule has 4 rings (SSSR count). The van der Waals surface area contributed by atoms with E-state index >= 15 is 0 Å². The molecule has 0 saturated carbocycles. The monoisotopic (exact) mass is 520 g/mol. The van der Waals surface area contributed by atoms with Crippen molar-refractivity contribution in [1.29, 1.82) is 0 Å². The molecule has 1 amide bonds. The largest absolute Gasteiger partial charge is 0.480 e. The molecule has 1 fully saturated rings. The molecule has 2 aliphatic heterocycles. The number of pyridine rings is 1. The fraction of sp³-hybridized carbons (Fsp3) is 0.480. The van der Waals surface area contributed by atoms with Gasteiger partial charge in [-0.15, -0.1) is 0 Å². The summed E-state index contributed by atoms with van der Waals surface area (Å²) in [4.78, 5) is 31.1. The first kappa shape index (κ1) is 25.7. The number of nitrogens with one attached hydrogen (secondary N) is 2. The molecule has 3 heterocycles. The molecule has 3 N–H and O–H groups in total. The molecular weight excluding hydrogens is 491 g/mol. The Kier molecular flexibility index (Phi) is 8.83. The Hall–Kier alpha value is -2.39. The number of rotatable bonds is 10. The van der Waals surface area contributed by atoms with E-state index in [-0.39, 0.29) is 28.3 Å². The fourth-order valence-electron chi connectivity index (χ4n) is 4.50. The number of nitrogens with zero attached hydrogens (tertiary/aromatic N) is 2. The van der Waals surface area contributed by atoms with Gasteiger partial charge in [0.25, 0.3) is 5.91 Å². The van der Waals surface area contributed by atoms with E-state index in [0.29, 0.717) is 19.7 Å². The normalized spacial score (nSPS) is 18.5. The highest BCUT2D eigenvalue weighted by Gasteiger charge is 2.30. The molecule has 1 saturated heterocycles. The summed E-state index contributed by atoms with van der Waals surface area (Å²) in [5, 5.41) is 15.9. The molecule has 0 bridgehead atoms. The van der Waals surface area contributed by atoms with Crippen LogP contribution in [0.5, 0.6) is 0 Å². The summed E-state index contributed by atoms with van der Waals surface area (Å²) < 4.78 is 6.04. The number of likely N-dealkylation sites (tertiary alicyclic amines) is 1. The molecule has 0 spiro atoms. The van der Waals surface area contributed by atoms with Crippen LogP contribution in [-0.4, -0.2) is 71.8 Å². The summed E-state index contributed by atoms with van der Waals surface area (Å²) in [6.07, 6.45) is 4.80. The first-order chi connectivity index (χ1) is 16.9. The van der Waals surface area contributed by atoms with Crippen LogP contribution in [0.25, 0.3) is 0 Å². The van der Waals surface area contributed by atoms with Crippen molar-refractivity contribution in [2.24, 2.45) is 0 Å². The number of carbonyl (C=O) groups excluding carboxylic acids is 1. The van der Waals surface area contributed by atoms with Gasteiger partial charge in [0, 0.05) is 38.5 Å². The van der Waals surface area contributed by atoms with Crippen molar-refractivity contribution < 1.29 is 19.4 Å². The molecule has 0 aliphatic carbocycles. The minimum absolute atomic E-state index is 0.0383. The van der Waals surface area contributed by atoms with Crippen molar-refractivity contribution in [1.82, 2.24) is 15.2 Å². The van der Waals surface area contributed by atoms with E-state index in [1.54, 1.807) is 18.2 Å². The highest BCUT2D eigenvalue weighted by molar-refractivity contribution is 6.39. The second-order valence-electron chi connectivity index (χ2n) is 8.95. The van der Waals surface area contributed by atoms with Crippen LogP contribution in [-0.2, 0) is 22.4 Å². The van der Waals surface area contributed by atoms with E-state index in [4.69, 9.17) is 32.9 Å². The molecule has 8 nitrogen and oxygen atoms in total. The van der Waals surface area contributed by atoms with Crippen molar-refractivity contribution in [3.05, 3.63) is 57.2 Å². The number of carboxylic acid groups (broad SMARTS) is 1. The molecule has 1 aromatic heterocycles. The zero-order valence-electron chi connectivity index (χ0n) is 19.4. The first-order valence-electron chi connectivity index (χ1n) is 11.9. The molecule has 2 aromatic rings. The number of hydrogen-bond acceptors (Lipinski definition) is 6. The van der Waals surface area contributed by atoms with Gasteiger partial charge in [-0.2, -0.15) is 0 Å². The summed E-state index contributed by atoms with van der Waals surface area (Å²) in [6.45, 7) is 3.09. The van der Waals surface area contributed by atoms with Gasteiger partial charge in [0.05, 0.1) is 21.7 Å². The second kappa shape index (κ2) is 12.0. The van der Waals surface area contributed by atoms with E-state index in [9.17, 15) is 14.7 Å². The minimum atomic E-state index is -1.11. The number of halogens is 2. The Balaban J connectivity index is 1.21. The average molecular weight is 521 g/mol. The summed E-state index contributed by atoms with van der Waals surface area (Å²) in [6, 6.07) is 7.88. The first-order valence-corrected chi connectivity index (χ1v) is 12.7. The van der Waals surface area contributed by atoms with Crippen molar-refractivity contribution in [3.63, 3.8) is 0 Å². The molecule has 1 aromatic carbocycles. The minimum Gasteiger partial charge on any atom is -0.480 e. The van der Waals surface area contributed by atoms with Crippen LogP contribution in [0.15, 0.2) is 30.3 Å². The number of aryl methyl sites for hydroxylation is 2. The molecule has 35 heavy (non-hydrogen) atoms. The maximum Gasteiger partial charge on any atom is 0.327 e. The molecule has 188 valence electrons. The van der Waals surface area contributed by atoms with Gasteiger partial charge in [-0.05, 0) is 55.9 Å². The van der Waals surface area contributed by atoms with Gasteiger partial charge in [0.15, 0.2) is 0 Å². The van der Waals surface area contributed by atoms with Gasteiger partial charge >= 0.3 is 5.97 Å². The number of aromatic nitrogens is 1. The summed E-state index contributed by atoms with van der Waals surface area (Å²) in [5.74, 6) is -0.707. The quantitative estimate of drug-likeness (QED) is 0.410. The molecule has 0 radical (unpaired) electrons. The van der Waals surface area contributed by atoms with E-state index < -0.39 is 17.9 Å². The van der Waals surface area contributed by atoms with Gasteiger partial charge in [-0.3, -0.25) is 9.69 Å². The van der Waals surface area contributed by atoms with Crippen LogP contribution in [0, 0.1) is 0 Å². The van der Waals surface area contributed by atoms with Crippen molar-refractivity contribution in [2.45, 2.75) is 44.2 Å². The summed E-state index contributed by atoms with van der Waals surface area (Å²) >= 11 is 12.2. The molecule has 2 unspecified atom stereocenters. The predicted octanol–water partition coefficient (Wildman–Crippen LogP) is 3.65. The van der Waals surface area contributed by atoms with E-state index in [1.807, 2.05) is 4.90 Å². The number of anilines is 1. The van der Waals surface area contributed by atoms with Crippen LogP contribution in [0.2, 0.25) is 10.0 Å². The molecule has 10 heteroatoms. The number of amides is 1. The lowest BCUT2D eigenvalue weighted by Crippen LogP contribution is -2.48. The van der Waals surface area contributed by atoms with Gasteiger partial charge in [-0.1, -0.05) is 35.3 Å². The fourth-order valence-corrected chi connectivity index (χ4v) is 5.07. The number of fused-ring (bicyclic) bond motifs is 1. The lowest BCUT2D eigenvalue weighted by atomic mass is 10.1.